The molecule has 0 unspecified atom stereocenters. The van der Waals surface area contributed by atoms with Gasteiger partial charge in [0.2, 0.25) is 11.8 Å². The highest BCUT2D eigenvalue weighted by atomic mass is 79.9. The number of rotatable bonds is 14. The van der Waals surface area contributed by atoms with Gasteiger partial charge in [-0.3, -0.25) is 13.9 Å². The Morgan fingerprint density at radius 1 is 0.867 bits per heavy atom. The number of nitrogens with one attached hydrogen (secondary N) is 1. The summed E-state index contributed by atoms with van der Waals surface area (Å²) in [5, 5.41) is 3.62. The van der Waals surface area contributed by atoms with Crippen LogP contribution in [0.15, 0.2) is 112 Å². The fraction of sp³-hybridized carbons (Fsp3) is 0.235. The summed E-state index contributed by atoms with van der Waals surface area (Å²) >= 11 is 16.5. The maximum Gasteiger partial charge on any atom is 0.264 e. The quantitative estimate of drug-likeness (QED) is 0.136. The predicted molar refractivity (Wildman–Crippen MR) is 184 cm³/mol. The van der Waals surface area contributed by atoms with E-state index in [0.717, 1.165) is 22.7 Å². The molecular weight excluding hydrogens is 697 g/mol. The van der Waals surface area contributed by atoms with Crippen LogP contribution in [-0.2, 0) is 32.6 Å². The second-order valence-electron chi connectivity index (χ2n) is 10.4. The van der Waals surface area contributed by atoms with Crippen molar-refractivity contribution in [2.24, 2.45) is 0 Å². The number of amides is 2. The molecular formula is C34H34BrCl2N3O4S. The molecule has 2 amide bonds. The van der Waals surface area contributed by atoms with Gasteiger partial charge in [0.25, 0.3) is 10.0 Å². The summed E-state index contributed by atoms with van der Waals surface area (Å²) in [4.78, 5) is 29.8. The van der Waals surface area contributed by atoms with Gasteiger partial charge in [-0.05, 0) is 54.4 Å². The van der Waals surface area contributed by atoms with Crippen LogP contribution in [0, 0.1) is 0 Å². The van der Waals surface area contributed by atoms with E-state index in [0.29, 0.717) is 26.6 Å². The van der Waals surface area contributed by atoms with Crippen molar-refractivity contribution in [1.82, 2.24) is 10.2 Å². The van der Waals surface area contributed by atoms with Crippen molar-refractivity contribution in [2.75, 3.05) is 17.4 Å². The summed E-state index contributed by atoms with van der Waals surface area (Å²) in [5.41, 5.74) is 1.56. The second-order valence-corrected chi connectivity index (χ2v) is 14.0. The Hall–Kier alpha value is -3.37. The van der Waals surface area contributed by atoms with Crippen molar-refractivity contribution in [2.45, 2.75) is 43.7 Å². The number of carbonyl (C=O) groups is 2. The zero-order valence-electron chi connectivity index (χ0n) is 24.7. The third-order valence-corrected chi connectivity index (χ3v) is 10.2. The van der Waals surface area contributed by atoms with Crippen LogP contribution in [0.5, 0.6) is 0 Å². The van der Waals surface area contributed by atoms with Crippen LogP contribution in [0.4, 0.5) is 5.69 Å². The lowest BCUT2D eigenvalue weighted by Crippen LogP contribution is -2.53. The van der Waals surface area contributed by atoms with E-state index in [1.165, 1.54) is 17.0 Å². The third-order valence-electron chi connectivity index (χ3n) is 7.20. The second kappa shape index (κ2) is 16.3. The maximum absolute atomic E-state index is 14.5. The van der Waals surface area contributed by atoms with Crippen LogP contribution in [0.3, 0.4) is 0 Å². The minimum absolute atomic E-state index is 0.0246. The molecule has 45 heavy (non-hydrogen) atoms. The van der Waals surface area contributed by atoms with Crippen molar-refractivity contribution in [3.8, 4) is 0 Å². The predicted octanol–water partition coefficient (Wildman–Crippen LogP) is 7.51. The SMILES string of the molecule is CCCCNC(=O)[C@@H](Cc1ccccc1)N(Cc1c(Cl)cccc1Cl)C(=O)CN(c1cccc(Br)c1)S(=O)(=O)c1ccccc1. The largest absolute Gasteiger partial charge is 0.354 e. The first-order valence-corrected chi connectivity index (χ1v) is 17.5. The smallest absolute Gasteiger partial charge is 0.264 e. The molecule has 0 aliphatic rings. The summed E-state index contributed by atoms with van der Waals surface area (Å²) < 4.78 is 29.8. The number of sulfonamides is 1. The van der Waals surface area contributed by atoms with E-state index in [1.807, 2.05) is 37.3 Å². The van der Waals surface area contributed by atoms with Gasteiger partial charge >= 0.3 is 0 Å². The fourth-order valence-corrected chi connectivity index (χ4v) is 7.12. The molecule has 0 saturated carbocycles. The summed E-state index contributed by atoms with van der Waals surface area (Å²) in [6.45, 7) is 1.76. The molecule has 0 fully saturated rings. The highest BCUT2D eigenvalue weighted by Crippen LogP contribution is 2.30. The van der Waals surface area contributed by atoms with Crippen LogP contribution in [-0.4, -0.2) is 44.3 Å². The highest BCUT2D eigenvalue weighted by molar-refractivity contribution is 9.10. The molecule has 1 N–H and O–H groups in total. The molecule has 4 aromatic rings. The third kappa shape index (κ3) is 9.10. The van der Waals surface area contributed by atoms with Gasteiger partial charge in [-0.15, -0.1) is 0 Å². The van der Waals surface area contributed by atoms with Crippen molar-refractivity contribution in [3.63, 3.8) is 0 Å². The molecule has 4 rings (SSSR count). The minimum atomic E-state index is -4.20. The molecule has 0 bridgehead atoms. The number of benzene rings is 4. The van der Waals surface area contributed by atoms with Gasteiger partial charge in [0, 0.05) is 39.6 Å². The molecule has 11 heteroatoms. The lowest BCUT2D eigenvalue weighted by molar-refractivity contribution is -0.140. The van der Waals surface area contributed by atoms with Crippen LogP contribution in [0.2, 0.25) is 10.0 Å². The molecule has 0 heterocycles. The van der Waals surface area contributed by atoms with E-state index in [2.05, 4.69) is 21.2 Å². The molecule has 236 valence electrons. The molecule has 4 aromatic carbocycles. The Morgan fingerprint density at radius 3 is 2.11 bits per heavy atom. The van der Waals surface area contributed by atoms with Gasteiger partial charge in [0.15, 0.2) is 0 Å². The summed E-state index contributed by atoms with van der Waals surface area (Å²) in [5.74, 6) is -0.958. The summed E-state index contributed by atoms with van der Waals surface area (Å²) in [7, 11) is -4.20. The molecule has 7 nitrogen and oxygen atoms in total. The number of hydrogen-bond acceptors (Lipinski definition) is 4. The number of nitrogens with zero attached hydrogens (tertiary/aromatic N) is 2. The Kier molecular flexibility index (Phi) is 12.5. The molecule has 1 atom stereocenters. The van der Waals surface area contributed by atoms with Crippen molar-refractivity contribution < 1.29 is 18.0 Å². The fourth-order valence-electron chi connectivity index (χ4n) is 4.79. The van der Waals surface area contributed by atoms with Gasteiger partial charge in [-0.2, -0.15) is 0 Å². The highest BCUT2D eigenvalue weighted by Gasteiger charge is 2.35. The molecule has 0 aromatic heterocycles. The average molecular weight is 732 g/mol. The first kappa shape index (κ1) is 34.5. The van der Waals surface area contributed by atoms with Gasteiger partial charge in [-0.25, -0.2) is 8.42 Å². The maximum atomic E-state index is 14.5. The van der Waals surface area contributed by atoms with Gasteiger partial charge in [0.05, 0.1) is 10.6 Å². The van der Waals surface area contributed by atoms with E-state index in [-0.39, 0.29) is 29.5 Å². The Balaban J connectivity index is 1.82. The number of unbranched alkanes of at least 4 members (excludes halogenated alkanes) is 1. The molecule has 0 aliphatic carbocycles. The van der Waals surface area contributed by atoms with E-state index < -0.39 is 28.5 Å². The zero-order valence-corrected chi connectivity index (χ0v) is 28.6. The molecule has 0 spiro atoms. The first-order chi connectivity index (χ1) is 21.6. The van der Waals surface area contributed by atoms with Gasteiger partial charge in [0.1, 0.15) is 12.6 Å². The Labute approximate surface area is 283 Å². The van der Waals surface area contributed by atoms with Crippen LogP contribution in [0.1, 0.15) is 30.9 Å². The van der Waals surface area contributed by atoms with Crippen molar-refractivity contribution in [3.05, 3.63) is 129 Å². The summed E-state index contributed by atoms with van der Waals surface area (Å²) in [6, 6.07) is 28.0. The topological polar surface area (TPSA) is 86.8 Å². The molecule has 0 aliphatic heterocycles. The van der Waals surface area contributed by atoms with Crippen molar-refractivity contribution in [1.29, 1.82) is 0 Å². The Morgan fingerprint density at radius 2 is 1.49 bits per heavy atom. The number of hydrogen-bond donors (Lipinski definition) is 1. The minimum Gasteiger partial charge on any atom is -0.354 e. The number of anilines is 1. The Bertz CT molecular complexity index is 1690. The lowest BCUT2D eigenvalue weighted by Gasteiger charge is -2.34. The van der Waals surface area contributed by atoms with Crippen molar-refractivity contribution >= 4 is 66.7 Å². The lowest BCUT2D eigenvalue weighted by atomic mass is 10.0. The van der Waals surface area contributed by atoms with E-state index >= 15 is 0 Å². The van der Waals surface area contributed by atoms with Gasteiger partial charge in [-0.1, -0.05) is 113 Å². The summed E-state index contributed by atoms with van der Waals surface area (Å²) in [6.07, 6.45) is 1.83. The van der Waals surface area contributed by atoms with Crippen LogP contribution < -0.4 is 9.62 Å². The van der Waals surface area contributed by atoms with E-state index in [1.54, 1.807) is 60.7 Å². The standard InChI is InChI=1S/C34H34BrCl2N3O4S/c1-2-3-20-38-34(42)32(21-25-12-6-4-7-13-25)39(23-29-30(36)18-11-19-31(29)37)33(41)24-40(27-15-10-14-26(35)22-27)45(43,44)28-16-8-5-9-17-28/h4-19,22,32H,2-3,20-21,23-24H2,1H3,(H,38,42)/t32-/m1/s1. The normalized spacial score (nSPS) is 11.9. The van der Waals surface area contributed by atoms with E-state index in [9.17, 15) is 18.0 Å². The molecule has 0 radical (unpaired) electrons. The number of halogens is 3. The zero-order chi connectivity index (χ0) is 32.4. The average Bonchev–Trinajstić information content (AvgIpc) is 3.03. The first-order valence-electron chi connectivity index (χ1n) is 14.5. The van der Waals surface area contributed by atoms with Gasteiger partial charge < -0.3 is 10.2 Å². The van der Waals surface area contributed by atoms with E-state index in [4.69, 9.17) is 23.2 Å². The number of carbonyl (C=O) groups excluding carboxylic acids is 2. The van der Waals surface area contributed by atoms with Crippen LogP contribution in [0.25, 0.3) is 0 Å². The monoisotopic (exact) mass is 729 g/mol. The molecule has 0 saturated heterocycles. The van der Waals surface area contributed by atoms with Crippen LogP contribution >= 0.6 is 39.1 Å².